The van der Waals surface area contributed by atoms with Gasteiger partial charge in [0.2, 0.25) is 0 Å². The maximum absolute atomic E-state index is 7.87. The van der Waals surface area contributed by atoms with E-state index in [4.69, 9.17) is 5.41 Å². The van der Waals surface area contributed by atoms with Gasteiger partial charge in [-0.25, -0.2) is 0 Å². The lowest BCUT2D eigenvalue weighted by molar-refractivity contribution is 0.308. The minimum absolute atomic E-state index is 0.0215. The van der Waals surface area contributed by atoms with Crippen LogP contribution < -0.4 is 10.6 Å². The molecule has 1 saturated heterocycles. The van der Waals surface area contributed by atoms with E-state index in [9.17, 15) is 0 Å². The minimum atomic E-state index is -0.395. The zero-order valence-electron chi connectivity index (χ0n) is 29.6. The topological polar surface area (TPSA) is 28.8 Å². The lowest BCUT2D eigenvalue weighted by Gasteiger charge is -2.46. The van der Waals surface area contributed by atoms with Crippen LogP contribution in [0, 0.1) is 16.7 Å². The highest BCUT2D eigenvalue weighted by Crippen LogP contribution is 2.69. The van der Waals surface area contributed by atoms with Crippen LogP contribution in [0.1, 0.15) is 49.4 Å². The molecule has 250 valence electrons. The summed E-state index contributed by atoms with van der Waals surface area (Å²) in [6, 6.07) is 43.6. The fourth-order valence-corrected chi connectivity index (χ4v) is 12.6. The first kappa shape index (κ1) is 30.3. The van der Waals surface area contributed by atoms with Crippen LogP contribution >= 0.6 is 11.8 Å². The third-order valence-corrected chi connectivity index (χ3v) is 14.7. The van der Waals surface area contributed by atoms with Gasteiger partial charge in [0.25, 0.3) is 0 Å². The number of hydrogen-bond donors (Lipinski definition) is 1. The van der Waals surface area contributed by atoms with Crippen LogP contribution in [0.4, 0.5) is 0 Å². The summed E-state index contributed by atoms with van der Waals surface area (Å²) in [7, 11) is 0. The molecule has 11 rings (SSSR count). The fourth-order valence-electron chi connectivity index (χ4n) is 10.8. The van der Waals surface area contributed by atoms with E-state index >= 15 is 0 Å². The number of nitrogens with one attached hydrogen (secondary N) is 1. The summed E-state index contributed by atoms with van der Waals surface area (Å²) in [5.41, 5.74) is 14.9. The number of fused-ring (bicyclic) bond motifs is 15. The third kappa shape index (κ3) is 3.55. The molecule has 0 radical (unpaired) electrons. The molecule has 3 atom stereocenters. The highest BCUT2D eigenvalue weighted by molar-refractivity contribution is 8.09. The van der Waals surface area contributed by atoms with Gasteiger partial charge in [0.05, 0.1) is 22.0 Å². The number of nitrogens with zero attached hydrogens (tertiary/aromatic N) is 1. The van der Waals surface area contributed by atoms with Crippen molar-refractivity contribution in [2.75, 3.05) is 0 Å². The Morgan fingerprint density at radius 2 is 1.46 bits per heavy atom. The Kier molecular flexibility index (Phi) is 6.03. The smallest absolute Gasteiger partial charge is 0.0717 e. The van der Waals surface area contributed by atoms with Crippen LogP contribution in [0.25, 0.3) is 54.9 Å². The van der Waals surface area contributed by atoms with E-state index in [1.807, 2.05) is 13.0 Å². The van der Waals surface area contributed by atoms with Gasteiger partial charge < -0.3 is 9.98 Å². The molecule has 0 amide bonds. The number of hydrogen-bond acceptors (Lipinski definition) is 2. The van der Waals surface area contributed by atoms with E-state index in [0.29, 0.717) is 5.92 Å². The molecule has 52 heavy (non-hydrogen) atoms. The maximum Gasteiger partial charge on any atom is 0.0717 e. The van der Waals surface area contributed by atoms with Crippen molar-refractivity contribution in [1.82, 2.24) is 4.57 Å². The van der Waals surface area contributed by atoms with Gasteiger partial charge in [-0.1, -0.05) is 134 Å². The molecule has 6 aromatic rings. The average molecular weight is 687 g/mol. The Bertz CT molecular complexity index is 2760. The quantitative estimate of drug-likeness (QED) is 0.185. The van der Waals surface area contributed by atoms with Crippen molar-refractivity contribution in [3.05, 3.63) is 178 Å². The van der Waals surface area contributed by atoms with Crippen LogP contribution in [0.3, 0.4) is 0 Å². The van der Waals surface area contributed by atoms with E-state index in [-0.39, 0.29) is 10.2 Å². The monoisotopic (exact) mass is 686 g/mol. The van der Waals surface area contributed by atoms with E-state index in [2.05, 4.69) is 170 Å². The number of aromatic nitrogens is 1. The molecule has 0 bridgehead atoms. The Hall–Kier alpha value is -5.38. The first-order chi connectivity index (χ1) is 25.4. The molecule has 1 aromatic heterocycles. The zero-order valence-corrected chi connectivity index (χ0v) is 30.4. The molecule has 5 aliphatic rings. The lowest BCUT2D eigenvalue weighted by atomic mass is 9.57. The zero-order chi connectivity index (χ0) is 35.0. The van der Waals surface area contributed by atoms with Gasteiger partial charge in [-0.05, 0) is 94.1 Å². The van der Waals surface area contributed by atoms with E-state index in [1.54, 1.807) is 0 Å². The molecule has 3 aliphatic carbocycles. The average Bonchev–Trinajstić information content (AvgIpc) is 3.76. The normalized spacial score (nSPS) is 24.0. The summed E-state index contributed by atoms with van der Waals surface area (Å²) >= 11 is 2.11. The molecule has 5 aromatic carbocycles. The summed E-state index contributed by atoms with van der Waals surface area (Å²) in [5.74, 6) is 0.371. The third-order valence-electron chi connectivity index (χ3n) is 13.0. The van der Waals surface area contributed by atoms with Gasteiger partial charge in [0, 0.05) is 37.8 Å². The lowest BCUT2D eigenvalue weighted by Crippen LogP contribution is -2.50. The molecule has 3 heteroatoms. The first-order valence-electron chi connectivity index (χ1n) is 18.5. The molecule has 1 spiro atoms. The highest BCUT2D eigenvalue weighted by Gasteiger charge is 2.60. The largest absolute Gasteiger partial charge is 0.309 e. The van der Waals surface area contributed by atoms with Crippen molar-refractivity contribution in [2.45, 2.75) is 37.4 Å². The van der Waals surface area contributed by atoms with E-state index in [0.717, 1.165) is 17.6 Å². The van der Waals surface area contributed by atoms with Crippen molar-refractivity contribution >= 4 is 44.9 Å². The van der Waals surface area contributed by atoms with Gasteiger partial charge >= 0.3 is 0 Å². The van der Waals surface area contributed by atoms with Crippen molar-refractivity contribution in [3.63, 3.8) is 0 Å². The second kappa shape index (κ2) is 10.4. The predicted octanol–water partition coefficient (Wildman–Crippen LogP) is 10.6. The van der Waals surface area contributed by atoms with Crippen molar-refractivity contribution in [1.29, 1.82) is 5.41 Å². The Morgan fingerprint density at radius 3 is 2.17 bits per heavy atom. The van der Waals surface area contributed by atoms with Gasteiger partial charge in [-0.15, -0.1) is 11.8 Å². The van der Waals surface area contributed by atoms with Crippen molar-refractivity contribution in [3.8, 4) is 27.9 Å². The second-order valence-electron chi connectivity index (χ2n) is 15.5. The van der Waals surface area contributed by atoms with Crippen LogP contribution in [0.15, 0.2) is 146 Å². The van der Waals surface area contributed by atoms with Crippen LogP contribution in [0.5, 0.6) is 0 Å². The molecule has 1 N–H and O–H groups in total. The van der Waals surface area contributed by atoms with Crippen LogP contribution in [-0.4, -0.2) is 15.5 Å². The van der Waals surface area contributed by atoms with Gasteiger partial charge in [-0.3, -0.25) is 0 Å². The van der Waals surface area contributed by atoms with Gasteiger partial charge in [-0.2, -0.15) is 0 Å². The SMILES string of the molecule is C/C=C(\C=N)c1ccc(-c2ccc3c(c2)c2c4n3-c3ccccc3C3(C=4CC4(C)C=2SC2(C)C=CC=CC24)c2ccccc2-c2ccccc23)cc1. The van der Waals surface area contributed by atoms with Crippen molar-refractivity contribution < 1.29 is 0 Å². The number of para-hydroxylation sites is 1. The van der Waals surface area contributed by atoms with Crippen LogP contribution in [-0.2, 0) is 5.41 Å². The Balaban J connectivity index is 1.31. The molecule has 1 fully saturated rings. The Morgan fingerprint density at radius 1 is 0.788 bits per heavy atom. The summed E-state index contributed by atoms with van der Waals surface area (Å²) < 4.78 is 2.61. The molecule has 3 unspecified atom stereocenters. The number of thioether (sulfide) groups is 1. The summed E-state index contributed by atoms with van der Waals surface area (Å²) in [6.07, 6.45) is 13.9. The first-order valence-corrected chi connectivity index (χ1v) is 19.3. The van der Waals surface area contributed by atoms with E-state index in [1.165, 1.54) is 82.8 Å². The highest BCUT2D eigenvalue weighted by atomic mass is 32.2. The molecule has 3 heterocycles. The summed E-state index contributed by atoms with van der Waals surface area (Å²) in [4.78, 5) is 1.53. The van der Waals surface area contributed by atoms with Gasteiger partial charge in [0.1, 0.15) is 0 Å². The molecular weight excluding hydrogens is 649 g/mol. The summed E-state index contributed by atoms with van der Waals surface area (Å²) in [5, 5.41) is 12.0. The van der Waals surface area contributed by atoms with Crippen molar-refractivity contribution in [2.24, 2.45) is 11.3 Å². The fraction of sp³-hybridized carbons (Fsp3) is 0.163. The minimum Gasteiger partial charge on any atom is -0.309 e. The standard InChI is InChI=1S/C49H38N2S/c1-4-30(29-50)31-20-22-32(23-21-31)33-24-25-41-36(27-33)44-45-40(28-47(2)43-19-11-12-26-48(43,3)52-46(44)47)49(39-17-9-10-18-42(39)51(41)45)37-15-7-5-13-34(37)35-14-6-8-16-38(35)49/h4-27,29,43,50H,28H2,1-3H3/b30-4+,50-29?. The number of rotatable bonds is 3. The molecule has 0 saturated carbocycles. The maximum atomic E-state index is 7.87. The second-order valence-corrected chi connectivity index (χ2v) is 17.0. The van der Waals surface area contributed by atoms with Crippen LogP contribution in [0.2, 0.25) is 0 Å². The number of allylic oxidation sites excluding steroid dienone is 5. The summed E-state index contributed by atoms with van der Waals surface area (Å²) in [6.45, 7) is 7.02. The van der Waals surface area contributed by atoms with E-state index < -0.39 is 5.41 Å². The Labute approximate surface area is 308 Å². The molecular formula is C49H38N2S. The van der Waals surface area contributed by atoms with Gasteiger partial charge in [0.15, 0.2) is 0 Å². The molecule has 2 nitrogen and oxygen atoms in total. The number of benzene rings is 5. The molecule has 2 aliphatic heterocycles. The predicted molar refractivity (Wildman–Crippen MR) is 219 cm³/mol.